The molecule has 0 radical (unpaired) electrons. The fourth-order valence-electron chi connectivity index (χ4n) is 8.35. The molecule has 4 aliphatic carbocycles. The van der Waals surface area contributed by atoms with E-state index in [4.69, 9.17) is 0 Å². The molecule has 4 saturated carbocycles. The third-order valence-corrected chi connectivity index (χ3v) is 10.7. The Hall–Kier alpha value is -1.04. The minimum Gasteiger partial charge on any atom is -0.382 e. The Morgan fingerprint density at radius 1 is 0.882 bits per heavy atom. The Morgan fingerprint density at radius 3 is 2.15 bits per heavy atom. The summed E-state index contributed by atoms with van der Waals surface area (Å²) >= 11 is 0. The number of aliphatic hydroxyl groups is 1. The first-order valence-corrected chi connectivity index (χ1v) is 14.0. The van der Waals surface area contributed by atoms with Crippen molar-refractivity contribution in [1.82, 2.24) is 4.90 Å². The van der Waals surface area contributed by atoms with Gasteiger partial charge in [0.2, 0.25) is 11.8 Å². The number of hydrogen-bond donors (Lipinski definition) is 1. The van der Waals surface area contributed by atoms with Gasteiger partial charge in [-0.1, -0.05) is 13.3 Å². The molecular weight excluding hydrogens is 436 g/mol. The molecule has 1 saturated heterocycles. The minimum atomic E-state index is -2.86. The quantitative estimate of drug-likeness (QED) is 0.569. The van der Waals surface area contributed by atoms with E-state index < -0.39 is 23.4 Å². The maximum atomic E-state index is 14.9. The Balaban J connectivity index is 1.20. The highest BCUT2D eigenvalue weighted by Gasteiger charge is 2.52. The second-order valence-electron chi connectivity index (χ2n) is 12.8. The molecule has 0 aromatic rings. The molecule has 192 valence electrons. The molecule has 4 nitrogen and oxygen atoms in total. The van der Waals surface area contributed by atoms with Crippen molar-refractivity contribution in [2.75, 3.05) is 13.1 Å². The van der Waals surface area contributed by atoms with Crippen LogP contribution in [0.3, 0.4) is 0 Å². The van der Waals surface area contributed by atoms with Crippen LogP contribution in [-0.2, 0) is 9.59 Å². The summed E-state index contributed by atoms with van der Waals surface area (Å²) in [6.07, 6.45) is 10.4. The molecule has 5 aliphatic rings. The van der Waals surface area contributed by atoms with Crippen LogP contribution < -0.4 is 0 Å². The van der Waals surface area contributed by atoms with Crippen molar-refractivity contribution in [2.45, 2.75) is 102 Å². The van der Waals surface area contributed by atoms with E-state index in [9.17, 15) is 23.5 Å². The van der Waals surface area contributed by atoms with Crippen LogP contribution in [0.2, 0.25) is 0 Å². The van der Waals surface area contributed by atoms with E-state index >= 15 is 0 Å². The van der Waals surface area contributed by atoms with Crippen LogP contribution in [0.1, 0.15) is 90.9 Å². The molecule has 0 bridgehead atoms. The predicted molar refractivity (Wildman–Crippen MR) is 126 cm³/mol. The van der Waals surface area contributed by atoms with Gasteiger partial charge in [0, 0.05) is 30.8 Å². The van der Waals surface area contributed by atoms with Crippen molar-refractivity contribution in [3.8, 4) is 0 Å². The van der Waals surface area contributed by atoms with Crippen molar-refractivity contribution >= 4 is 11.7 Å². The van der Waals surface area contributed by atoms with E-state index in [1.54, 1.807) is 4.90 Å². The number of piperidine rings is 1. The number of carbonyl (C=O) groups is 2. The summed E-state index contributed by atoms with van der Waals surface area (Å²) in [5.74, 6) is -1.46. The summed E-state index contributed by atoms with van der Waals surface area (Å²) < 4.78 is 29.7. The summed E-state index contributed by atoms with van der Waals surface area (Å²) in [5.41, 5.74) is -1.12. The molecule has 6 heteroatoms. The Morgan fingerprint density at radius 2 is 1.50 bits per heavy atom. The van der Waals surface area contributed by atoms with Crippen LogP contribution >= 0.6 is 0 Å². The lowest BCUT2D eigenvalue weighted by Gasteiger charge is -2.45. The number of ketones is 1. The van der Waals surface area contributed by atoms with Crippen molar-refractivity contribution in [1.29, 1.82) is 0 Å². The number of rotatable bonds is 5. The monoisotopic (exact) mass is 479 g/mol. The highest BCUT2D eigenvalue weighted by atomic mass is 19.3. The number of carbonyl (C=O) groups excluding carboxylic acids is 2. The average molecular weight is 480 g/mol. The Kier molecular flexibility index (Phi) is 6.61. The smallest absolute Gasteiger partial charge is 0.248 e. The van der Waals surface area contributed by atoms with E-state index in [1.165, 1.54) is 32.1 Å². The molecular formula is C28H43F2NO3. The second-order valence-corrected chi connectivity index (χ2v) is 12.8. The average Bonchev–Trinajstić information content (AvgIpc) is 3.48. The second kappa shape index (κ2) is 9.12. The molecule has 1 amide bonds. The number of fused-ring (bicyclic) bond motifs is 1. The first kappa shape index (κ1) is 24.6. The first-order valence-electron chi connectivity index (χ1n) is 14.0. The Labute approximate surface area is 203 Å². The summed E-state index contributed by atoms with van der Waals surface area (Å²) in [4.78, 5) is 27.6. The van der Waals surface area contributed by atoms with Gasteiger partial charge in [0.05, 0.1) is 0 Å². The normalized spacial score (nSPS) is 40.6. The van der Waals surface area contributed by atoms with E-state index in [0.717, 1.165) is 31.1 Å². The summed E-state index contributed by atoms with van der Waals surface area (Å²) in [7, 11) is 0. The van der Waals surface area contributed by atoms with Gasteiger partial charge in [-0.25, -0.2) is 8.78 Å². The van der Waals surface area contributed by atoms with Crippen molar-refractivity contribution < 1.29 is 23.5 Å². The van der Waals surface area contributed by atoms with Gasteiger partial charge in [-0.15, -0.1) is 0 Å². The third-order valence-electron chi connectivity index (χ3n) is 10.7. The number of alkyl halides is 2. The molecule has 34 heavy (non-hydrogen) atoms. The maximum absolute atomic E-state index is 14.9. The van der Waals surface area contributed by atoms with Crippen LogP contribution in [0.25, 0.3) is 0 Å². The molecule has 1 heterocycles. The molecule has 1 aliphatic heterocycles. The van der Waals surface area contributed by atoms with E-state index in [-0.39, 0.29) is 17.6 Å². The van der Waals surface area contributed by atoms with Gasteiger partial charge >= 0.3 is 0 Å². The van der Waals surface area contributed by atoms with Gasteiger partial charge in [0.25, 0.3) is 0 Å². The zero-order valence-electron chi connectivity index (χ0n) is 21.0. The lowest BCUT2D eigenvalue weighted by Crippen LogP contribution is -2.50. The lowest BCUT2D eigenvalue weighted by molar-refractivity contribution is -0.153. The van der Waals surface area contributed by atoms with Gasteiger partial charge in [0.1, 0.15) is 5.60 Å². The van der Waals surface area contributed by atoms with E-state index in [0.29, 0.717) is 63.5 Å². The summed E-state index contributed by atoms with van der Waals surface area (Å²) in [5, 5.41) is 10.1. The summed E-state index contributed by atoms with van der Waals surface area (Å²) in [6.45, 7) is 4.27. The highest BCUT2D eigenvalue weighted by molar-refractivity contribution is 5.92. The van der Waals surface area contributed by atoms with Gasteiger partial charge < -0.3 is 10.0 Å². The number of likely N-dealkylation sites (tertiary alicyclic amines) is 1. The van der Waals surface area contributed by atoms with E-state index in [1.807, 2.05) is 0 Å². The fourth-order valence-corrected chi connectivity index (χ4v) is 8.35. The Bertz CT molecular complexity index is 783. The third kappa shape index (κ3) is 4.69. The fraction of sp³-hybridized carbons (Fsp3) is 0.929. The molecule has 0 aromatic carbocycles. The van der Waals surface area contributed by atoms with Crippen molar-refractivity contribution in [3.05, 3.63) is 0 Å². The maximum Gasteiger partial charge on any atom is 0.248 e. The SMILES string of the molecule is CC1CCC2CC(C3CCC(C(=O)N4CCC(C(=O)C5(O)CC5)CC4)C(C(C)(F)F)C3)CCC12. The highest BCUT2D eigenvalue weighted by Crippen LogP contribution is 2.53. The van der Waals surface area contributed by atoms with Crippen LogP contribution in [0.5, 0.6) is 0 Å². The van der Waals surface area contributed by atoms with Crippen LogP contribution in [-0.4, -0.2) is 46.3 Å². The van der Waals surface area contributed by atoms with Crippen molar-refractivity contribution in [2.24, 2.45) is 47.3 Å². The molecule has 0 spiro atoms. The largest absolute Gasteiger partial charge is 0.382 e. The summed E-state index contributed by atoms with van der Waals surface area (Å²) in [6, 6.07) is 0. The number of hydrogen-bond acceptors (Lipinski definition) is 3. The van der Waals surface area contributed by atoms with Crippen LogP contribution in [0, 0.1) is 47.3 Å². The van der Waals surface area contributed by atoms with Crippen LogP contribution in [0.4, 0.5) is 8.78 Å². The predicted octanol–water partition coefficient (Wildman–Crippen LogP) is 5.47. The first-order chi connectivity index (χ1) is 16.1. The van der Waals surface area contributed by atoms with Crippen molar-refractivity contribution in [3.63, 3.8) is 0 Å². The topological polar surface area (TPSA) is 57.6 Å². The molecule has 5 rings (SSSR count). The molecule has 7 unspecified atom stereocenters. The molecule has 0 aromatic heterocycles. The van der Waals surface area contributed by atoms with Gasteiger partial charge in [-0.05, 0) is 107 Å². The minimum absolute atomic E-state index is 0.0792. The van der Waals surface area contributed by atoms with Gasteiger partial charge in [-0.2, -0.15) is 0 Å². The number of Topliss-reactive ketones (excluding diaryl/α,β-unsaturated/α-hetero) is 1. The standard InChI is InChI=1S/C28H43F2NO3/c1-17-3-4-21-15-19(5-7-22(17)21)20-6-8-23(24(16-20)27(2,29)30)26(33)31-13-9-18(10-14-31)25(32)28(34)11-12-28/h17-24,34H,3-16H2,1-2H3. The zero-order chi connectivity index (χ0) is 24.3. The lowest BCUT2D eigenvalue weighted by atomic mass is 9.62. The number of nitrogens with zero attached hydrogens (tertiary/aromatic N) is 1. The molecule has 5 fully saturated rings. The molecule has 1 N–H and O–H groups in total. The number of halogens is 2. The number of amides is 1. The van der Waals surface area contributed by atoms with Gasteiger partial charge in [-0.3, -0.25) is 9.59 Å². The van der Waals surface area contributed by atoms with E-state index in [2.05, 4.69) is 6.92 Å². The zero-order valence-corrected chi connectivity index (χ0v) is 21.0. The molecule has 7 atom stereocenters. The van der Waals surface area contributed by atoms with Crippen LogP contribution in [0.15, 0.2) is 0 Å². The van der Waals surface area contributed by atoms with Gasteiger partial charge in [0.15, 0.2) is 5.78 Å².